The number of hydrogen-bond acceptors (Lipinski definition) is 4. The van der Waals surface area contributed by atoms with E-state index < -0.39 is 18.1 Å². The molecular formula is C30H25Cl2IN2O4. The third-order valence-corrected chi connectivity index (χ3v) is 8.55. The highest BCUT2D eigenvalue weighted by molar-refractivity contribution is 14.1. The van der Waals surface area contributed by atoms with Gasteiger partial charge in [0.25, 0.3) is 0 Å². The maximum Gasteiger partial charge on any atom is 0.420 e. The predicted molar refractivity (Wildman–Crippen MR) is 164 cm³/mol. The van der Waals surface area contributed by atoms with Crippen LogP contribution in [-0.2, 0) is 9.47 Å². The minimum atomic E-state index is -0.604. The second-order valence-corrected chi connectivity index (χ2v) is 10.9. The SMILES string of the molecule is CCOC(=O)N1C(c2ccccc2)=C(I)C(c2cccc(Cl)c2Cl)c2c1n(C(=O)OCC)c1ccc(C)cc21. The van der Waals surface area contributed by atoms with Gasteiger partial charge in [0.1, 0.15) is 5.82 Å². The zero-order chi connectivity index (χ0) is 27.8. The van der Waals surface area contributed by atoms with Crippen molar-refractivity contribution in [2.45, 2.75) is 26.7 Å². The van der Waals surface area contributed by atoms with Crippen molar-refractivity contribution >= 4 is 80.4 Å². The van der Waals surface area contributed by atoms with Gasteiger partial charge >= 0.3 is 12.2 Å². The van der Waals surface area contributed by atoms with Gasteiger partial charge in [0.2, 0.25) is 0 Å². The first-order chi connectivity index (χ1) is 18.8. The molecule has 0 fully saturated rings. The molecule has 0 bridgehead atoms. The second kappa shape index (κ2) is 11.2. The molecule has 0 radical (unpaired) electrons. The molecule has 0 saturated carbocycles. The van der Waals surface area contributed by atoms with Gasteiger partial charge in [-0.2, -0.15) is 0 Å². The average molecular weight is 675 g/mol. The Morgan fingerprint density at radius 3 is 2.31 bits per heavy atom. The maximum atomic E-state index is 13.8. The third kappa shape index (κ3) is 4.70. The molecule has 1 amide bonds. The normalized spacial score (nSPS) is 14.9. The van der Waals surface area contributed by atoms with Crippen LogP contribution in [0.1, 0.15) is 42.0 Å². The summed E-state index contributed by atoms with van der Waals surface area (Å²) in [4.78, 5) is 28.9. The molecule has 0 aliphatic carbocycles. The van der Waals surface area contributed by atoms with Crippen molar-refractivity contribution < 1.29 is 19.1 Å². The quantitative estimate of drug-likeness (QED) is 0.203. The van der Waals surface area contributed by atoms with Gasteiger partial charge in [-0.15, -0.1) is 0 Å². The molecule has 1 atom stereocenters. The van der Waals surface area contributed by atoms with Crippen LogP contribution in [0.4, 0.5) is 15.4 Å². The van der Waals surface area contributed by atoms with Crippen molar-refractivity contribution in [1.82, 2.24) is 4.57 Å². The van der Waals surface area contributed by atoms with E-state index in [4.69, 9.17) is 32.7 Å². The lowest BCUT2D eigenvalue weighted by Crippen LogP contribution is -2.37. The fraction of sp³-hybridized carbons (Fsp3) is 0.200. The number of carbonyl (C=O) groups excluding carboxylic acids is 2. The first-order valence-electron chi connectivity index (χ1n) is 12.5. The molecule has 0 N–H and O–H groups in total. The summed E-state index contributed by atoms with van der Waals surface area (Å²) in [5, 5.41) is 1.62. The van der Waals surface area contributed by atoms with Crippen LogP contribution >= 0.6 is 45.8 Å². The van der Waals surface area contributed by atoms with Crippen molar-refractivity contribution in [2.24, 2.45) is 0 Å². The Bertz CT molecular complexity index is 1630. The van der Waals surface area contributed by atoms with Crippen LogP contribution in [0.3, 0.4) is 0 Å². The van der Waals surface area contributed by atoms with Crippen molar-refractivity contribution in [3.05, 3.63) is 103 Å². The Morgan fingerprint density at radius 1 is 0.923 bits per heavy atom. The number of benzene rings is 3. The summed E-state index contributed by atoms with van der Waals surface area (Å²) in [6.45, 7) is 5.80. The van der Waals surface area contributed by atoms with Crippen LogP contribution in [0.15, 0.2) is 70.3 Å². The molecule has 0 spiro atoms. The molecule has 1 aliphatic rings. The largest absolute Gasteiger partial charge is 0.449 e. The summed E-state index contributed by atoms with van der Waals surface area (Å²) < 4.78 is 13.4. The van der Waals surface area contributed by atoms with Crippen LogP contribution in [0.2, 0.25) is 10.0 Å². The lowest BCUT2D eigenvalue weighted by molar-refractivity contribution is 0.154. The number of ether oxygens (including phenoxy) is 2. The minimum absolute atomic E-state index is 0.158. The van der Waals surface area contributed by atoms with Gasteiger partial charge in [-0.3, -0.25) is 0 Å². The van der Waals surface area contributed by atoms with Gasteiger partial charge in [-0.05, 0) is 72.7 Å². The number of aromatic nitrogens is 1. The van der Waals surface area contributed by atoms with Gasteiger partial charge in [0.15, 0.2) is 0 Å². The van der Waals surface area contributed by atoms with Gasteiger partial charge in [0.05, 0.1) is 34.5 Å². The van der Waals surface area contributed by atoms with Gasteiger partial charge in [-0.1, -0.05) is 77.3 Å². The zero-order valence-electron chi connectivity index (χ0n) is 21.5. The number of aryl methyl sites for hydroxylation is 1. The molecule has 3 aromatic carbocycles. The Kier molecular flexibility index (Phi) is 7.94. The van der Waals surface area contributed by atoms with E-state index in [1.165, 1.54) is 9.47 Å². The number of anilines is 1. The van der Waals surface area contributed by atoms with Crippen molar-refractivity contribution in [3.8, 4) is 0 Å². The van der Waals surface area contributed by atoms with E-state index in [-0.39, 0.29) is 13.2 Å². The third-order valence-electron chi connectivity index (χ3n) is 6.58. The summed E-state index contributed by atoms with van der Waals surface area (Å²) in [7, 11) is 0. The number of amides is 1. The number of carbonyl (C=O) groups is 2. The molecule has 200 valence electrons. The topological polar surface area (TPSA) is 60.8 Å². The number of rotatable bonds is 4. The fourth-order valence-corrected chi connectivity index (χ4v) is 6.65. The average Bonchev–Trinajstić information content (AvgIpc) is 3.24. The zero-order valence-corrected chi connectivity index (χ0v) is 25.2. The molecule has 0 saturated heterocycles. The van der Waals surface area contributed by atoms with E-state index in [1.54, 1.807) is 19.9 Å². The summed E-state index contributed by atoms with van der Waals surface area (Å²) in [5.41, 5.74) is 4.48. The molecule has 9 heteroatoms. The highest BCUT2D eigenvalue weighted by atomic mass is 127. The van der Waals surface area contributed by atoms with Crippen LogP contribution in [0, 0.1) is 6.92 Å². The smallest absolute Gasteiger partial charge is 0.420 e. The molecule has 1 aromatic heterocycles. The summed E-state index contributed by atoms with van der Waals surface area (Å²) in [5.74, 6) is -0.0829. The molecule has 5 rings (SSSR count). The Labute approximate surface area is 250 Å². The van der Waals surface area contributed by atoms with Crippen LogP contribution in [0.5, 0.6) is 0 Å². The molecule has 4 aromatic rings. The van der Waals surface area contributed by atoms with Crippen LogP contribution in [0.25, 0.3) is 16.6 Å². The van der Waals surface area contributed by atoms with Crippen molar-refractivity contribution in [1.29, 1.82) is 0 Å². The molecule has 39 heavy (non-hydrogen) atoms. The predicted octanol–water partition coefficient (Wildman–Crippen LogP) is 9.17. The second-order valence-electron chi connectivity index (χ2n) is 8.97. The van der Waals surface area contributed by atoms with E-state index in [0.717, 1.165) is 31.2 Å². The fourth-order valence-electron chi connectivity index (χ4n) is 5.03. The molecule has 2 heterocycles. The minimum Gasteiger partial charge on any atom is -0.449 e. The van der Waals surface area contributed by atoms with E-state index in [1.807, 2.05) is 67.6 Å². The summed E-state index contributed by atoms with van der Waals surface area (Å²) >= 11 is 15.6. The van der Waals surface area contributed by atoms with E-state index in [2.05, 4.69) is 22.6 Å². The highest BCUT2D eigenvalue weighted by Crippen LogP contribution is 2.55. The Morgan fingerprint density at radius 2 is 1.62 bits per heavy atom. The van der Waals surface area contributed by atoms with E-state index in [9.17, 15) is 9.59 Å². The first kappa shape index (κ1) is 27.6. The summed E-state index contributed by atoms with van der Waals surface area (Å²) in [6, 6.07) is 20.9. The van der Waals surface area contributed by atoms with Gasteiger partial charge in [0, 0.05) is 20.4 Å². The lowest BCUT2D eigenvalue weighted by Gasteiger charge is -2.35. The highest BCUT2D eigenvalue weighted by Gasteiger charge is 2.43. The van der Waals surface area contributed by atoms with E-state index >= 15 is 0 Å². The Balaban J connectivity index is 1.99. The monoisotopic (exact) mass is 674 g/mol. The molecule has 1 unspecified atom stereocenters. The van der Waals surface area contributed by atoms with Gasteiger partial charge in [-0.25, -0.2) is 19.1 Å². The van der Waals surface area contributed by atoms with Crippen LogP contribution < -0.4 is 4.90 Å². The van der Waals surface area contributed by atoms with E-state index in [0.29, 0.717) is 27.1 Å². The van der Waals surface area contributed by atoms with Crippen molar-refractivity contribution in [2.75, 3.05) is 18.1 Å². The summed E-state index contributed by atoms with van der Waals surface area (Å²) in [6.07, 6.45) is -1.20. The molecule has 6 nitrogen and oxygen atoms in total. The molecule has 1 aliphatic heterocycles. The number of nitrogens with zero attached hydrogens (tertiary/aromatic N) is 2. The lowest BCUT2D eigenvalue weighted by atomic mass is 9.85. The number of fused-ring (bicyclic) bond motifs is 3. The van der Waals surface area contributed by atoms with Gasteiger partial charge < -0.3 is 9.47 Å². The number of halogens is 3. The Hall–Kier alpha value is -3.01. The van der Waals surface area contributed by atoms with Crippen molar-refractivity contribution in [3.63, 3.8) is 0 Å². The molecular weight excluding hydrogens is 650 g/mol. The van der Waals surface area contributed by atoms with Crippen LogP contribution in [-0.4, -0.2) is 30.0 Å². The number of hydrogen-bond donors (Lipinski definition) is 0. The standard InChI is InChI=1S/C30H25Cl2IN2O4/c1-4-38-29(36)34-22-15-14-17(3)16-20(22)24-23(19-12-9-13-21(31)25(19)32)26(33)27(18-10-7-6-8-11-18)35(28(24)34)30(37)39-5-2/h6-16,23H,4-5H2,1-3H3. The maximum absolute atomic E-state index is 13.8. The first-order valence-corrected chi connectivity index (χ1v) is 14.3. The number of allylic oxidation sites excluding steroid dienone is 1.